The largest absolute Gasteiger partial charge is 0.464 e. The van der Waals surface area contributed by atoms with E-state index in [2.05, 4.69) is 15.4 Å². The quantitative estimate of drug-likeness (QED) is 0.495. The molecule has 0 aliphatic carbocycles. The second-order valence-corrected chi connectivity index (χ2v) is 7.57. The minimum absolute atomic E-state index is 0.166. The van der Waals surface area contributed by atoms with E-state index in [4.69, 9.17) is 4.74 Å². The van der Waals surface area contributed by atoms with Crippen molar-refractivity contribution in [2.24, 2.45) is 7.05 Å². The van der Waals surface area contributed by atoms with Gasteiger partial charge in [-0.2, -0.15) is 10.1 Å². The molecule has 4 aromatic rings. The fourth-order valence-corrected chi connectivity index (χ4v) is 3.68. The predicted molar refractivity (Wildman–Crippen MR) is 122 cm³/mol. The van der Waals surface area contributed by atoms with Crippen molar-refractivity contribution in [3.8, 4) is 17.0 Å². The van der Waals surface area contributed by atoms with Crippen LogP contribution in [0, 0.1) is 6.92 Å². The standard InChI is InChI=1S/C25H26N4O2/c1-17-23-21(20-12-8-5-9-13-20)16-22(27-24(23)29(3)28-17)31-18(2)25(30)26-15-14-19-10-6-4-7-11-19/h4-13,16,18H,14-15H2,1-3H3,(H,26,30)/t18-/m0/s1. The molecule has 2 aromatic carbocycles. The highest BCUT2D eigenvalue weighted by molar-refractivity contribution is 5.95. The molecule has 31 heavy (non-hydrogen) atoms. The van der Waals surface area contributed by atoms with Crippen LogP contribution in [0.3, 0.4) is 0 Å². The van der Waals surface area contributed by atoms with Crippen molar-refractivity contribution in [2.75, 3.05) is 6.54 Å². The Hall–Kier alpha value is -3.67. The SMILES string of the molecule is Cc1nn(C)c2nc(O[C@@H](C)C(=O)NCCc3ccccc3)cc(-c3ccccc3)c12. The highest BCUT2D eigenvalue weighted by Crippen LogP contribution is 2.33. The molecule has 4 rings (SSSR count). The Morgan fingerprint density at radius 3 is 2.48 bits per heavy atom. The molecule has 1 atom stereocenters. The summed E-state index contributed by atoms with van der Waals surface area (Å²) in [6.07, 6.45) is 0.106. The van der Waals surface area contributed by atoms with Crippen molar-refractivity contribution in [1.29, 1.82) is 0 Å². The number of nitrogens with one attached hydrogen (secondary N) is 1. The molecule has 0 aliphatic heterocycles. The molecule has 0 aliphatic rings. The molecular weight excluding hydrogens is 388 g/mol. The molecule has 1 N–H and O–H groups in total. The van der Waals surface area contributed by atoms with Crippen LogP contribution in [0.2, 0.25) is 0 Å². The zero-order valence-electron chi connectivity index (χ0n) is 18.0. The molecule has 0 spiro atoms. The average Bonchev–Trinajstić information content (AvgIpc) is 3.08. The van der Waals surface area contributed by atoms with Gasteiger partial charge in [0.05, 0.1) is 11.1 Å². The van der Waals surface area contributed by atoms with Gasteiger partial charge >= 0.3 is 0 Å². The molecule has 0 fully saturated rings. The molecule has 0 bridgehead atoms. The summed E-state index contributed by atoms with van der Waals surface area (Å²) in [4.78, 5) is 17.2. The normalized spacial score (nSPS) is 12.0. The number of pyridine rings is 1. The Bertz CT molecular complexity index is 1190. The first-order chi connectivity index (χ1) is 15.0. The zero-order valence-corrected chi connectivity index (χ0v) is 18.0. The Kier molecular flexibility index (Phi) is 5.98. The highest BCUT2D eigenvalue weighted by Gasteiger charge is 2.19. The lowest BCUT2D eigenvalue weighted by Gasteiger charge is -2.15. The molecular formula is C25H26N4O2. The maximum atomic E-state index is 12.5. The van der Waals surface area contributed by atoms with Crippen molar-refractivity contribution in [3.05, 3.63) is 78.0 Å². The summed E-state index contributed by atoms with van der Waals surface area (Å²) in [7, 11) is 1.86. The summed E-state index contributed by atoms with van der Waals surface area (Å²) in [6, 6.07) is 22.0. The lowest BCUT2D eigenvalue weighted by Crippen LogP contribution is -2.37. The molecule has 0 unspecified atom stereocenters. The first-order valence-electron chi connectivity index (χ1n) is 10.4. The number of nitrogens with zero attached hydrogens (tertiary/aromatic N) is 3. The molecule has 6 heteroatoms. The third-order valence-corrected chi connectivity index (χ3v) is 5.25. The highest BCUT2D eigenvalue weighted by atomic mass is 16.5. The molecule has 0 saturated heterocycles. The summed E-state index contributed by atoms with van der Waals surface area (Å²) in [5, 5.41) is 8.45. The fourth-order valence-electron chi connectivity index (χ4n) is 3.68. The number of carbonyl (C=O) groups excluding carboxylic acids is 1. The number of benzene rings is 2. The Labute approximate surface area is 181 Å². The minimum atomic E-state index is -0.668. The van der Waals surface area contributed by atoms with Crippen LogP contribution in [-0.2, 0) is 18.3 Å². The third kappa shape index (κ3) is 4.58. The molecule has 2 aromatic heterocycles. The lowest BCUT2D eigenvalue weighted by molar-refractivity contribution is -0.127. The van der Waals surface area contributed by atoms with Crippen LogP contribution in [0.15, 0.2) is 66.7 Å². The van der Waals surface area contributed by atoms with Gasteiger partial charge in [0.15, 0.2) is 11.8 Å². The summed E-state index contributed by atoms with van der Waals surface area (Å²) in [6.45, 7) is 4.26. The van der Waals surface area contributed by atoms with Gasteiger partial charge < -0.3 is 10.1 Å². The second-order valence-electron chi connectivity index (χ2n) is 7.57. The topological polar surface area (TPSA) is 69.0 Å². The van der Waals surface area contributed by atoms with E-state index in [1.54, 1.807) is 11.6 Å². The molecule has 2 heterocycles. The summed E-state index contributed by atoms with van der Waals surface area (Å²) in [5.74, 6) is 0.236. The third-order valence-electron chi connectivity index (χ3n) is 5.25. The summed E-state index contributed by atoms with van der Waals surface area (Å²) >= 11 is 0. The number of fused-ring (bicyclic) bond motifs is 1. The number of aryl methyl sites for hydroxylation is 2. The number of hydrogen-bond donors (Lipinski definition) is 1. The van der Waals surface area contributed by atoms with E-state index >= 15 is 0 Å². The van der Waals surface area contributed by atoms with Gasteiger partial charge in [0.25, 0.3) is 5.91 Å². The van der Waals surface area contributed by atoms with Crippen molar-refractivity contribution in [2.45, 2.75) is 26.4 Å². The second kappa shape index (κ2) is 9.00. The van der Waals surface area contributed by atoms with Crippen molar-refractivity contribution < 1.29 is 9.53 Å². The number of carbonyl (C=O) groups is 1. The number of hydrogen-bond acceptors (Lipinski definition) is 4. The monoisotopic (exact) mass is 414 g/mol. The van der Waals surface area contributed by atoms with Gasteiger partial charge in [0.1, 0.15) is 0 Å². The van der Waals surface area contributed by atoms with Crippen LogP contribution in [0.1, 0.15) is 18.2 Å². The Balaban J connectivity index is 1.52. The molecule has 0 radical (unpaired) electrons. The molecule has 1 amide bonds. The predicted octanol–water partition coefficient (Wildman–Crippen LogP) is 4.07. The first kappa shape index (κ1) is 20.6. The van der Waals surface area contributed by atoms with Gasteiger partial charge in [-0.3, -0.25) is 9.48 Å². The van der Waals surface area contributed by atoms with E-state index in [0.717, 1.165) is 34.3 Å². The zero-order chi connectivity index (χ0) is 21.8. The van der Waals surface area contributed by atoms with Crippen LogP contribution in [0.4, 0.5) is 0 Å². The first-order valence-corrected chi connectivity index (χ1v) is 10.4. The number of amides is 1. The van der Waals surface area contributed by atoms with Gasteiger partial charge in [-0.05, 0) is 37.0 Å². The minimum Gasteiger partial charge on any atom is -0.464 e. The van der Waals surface area contributed by atoms with Crippen LogP contribution in [0.5, 0.6) is 5.88 Å². The van der Waals surface area contributed by atoms with Crippen LogP contribution >= 0.6 is 0 Å². The maximum Gasteiger partial charge on any atom is 0.260 e. The van der Waals surface area contributed by atoms with Crippen molar-refractivity contribution >= 4 is 16.9 Å². The van der Waals surface area contributed by atoms with Crippen LogP contribution in [-0.4, -0.2) is 33.3 Å². The average molecular weight is 415 g/mol. The van der Waals surface area contributed by atoms with E-state index in [1.165, 1.54) is 5.56 Å². The van der Waals surface area contributed by atoms with Crippen LogP contribution < -0.4 is 10.1 Å². The maximum absolute atomic E-state index is 12.5. The van der Waals surface area contributed by atoms with E-state index < -0.39 is 6.10 Å². The fraction of sp³-hybridized carbons (Fsp3) is 0.240. The summed E-state index contributed by atoms with van der Waals surface area (Å²) < 4.78 is 7.69. The molecule has 6 nitrogen and oxygen atoms in total. The molecule has 0 saturated carbocycles. The van der Waals surface area contributed by atoms with Gasteiger partial charge in [-0.25, -0.2) is 0 Å². The number of rotatable bonds is 7. The lowest BCUT2D eigenvalue weighted by atomic mass is 10.0. The van der Waals surface area contributed by atoms with E-state index in [0.29, 0.717) is 12.4 Å². The summed E-state index contributed by atoms with van der Waals surface area (Å²) in [5.41, 5.74) is 4.86. The van der Waals surface area contributed by atoms with E-state index in [9.17, 15) is 4.79 Å². The van der Waals surface area contributed by atoms with Gasteiger partial charge in [-0.15, -0.1) is 0 Å². The molecule has 158 valence electrons. The van der Waals surface area contributed by atoms with E-state index in [-0.39, 0.29) is 5.91 Å². The number of ether oxygens (including phenoxy) is 1. The van der Waals surface area contributed by atoms with Gasteiger partial charge in [0, 0.05) is 19.7 Å². The van der Waals surface area contributed by atoms with Gasteiger partial charge in [-0.1, -0.05) is 60.7 Å². The Morgan fingerprint density at radius 2 is 1.77 bits per heavy atom. The number of aromatic nitrogens is 3. The van der Waals surface area contributed by atoms with Crippen molar-refractivity contribution in [3.63, 3.8) is 0 Å². The van der Waals surface area contributed by atoms with Gasteiger partial charge in [0.2, 0.25) is 5.88 Å². The Morgan fingerprint density at radius 1 is 1.10 bits per heavy atom. The van der Waals surface area contributed by atoms with Crippen molar-refractivity contribution in [1.82, 2.24) is 20.1 Å². The van der Waals surface area contributed by atoms with Crippen LogP contribution in [0.25, 0.3) is 22.2 Å². The van der Waals surface area contributed by atoms with E-state index in [1.807, 2.05) is 80.7 Å². The smallest absolute Gasteiger partial charge is 0.260 e.